The summed E-state index contributed by atoms with van der Waals surface area (Å²) < 4.78 is 31.7. The van der Waals surface area contributed by atoms with Gasteiger partial charge in [0, 0.05) is 19.5 Å². The number of amides is 5. The molecule has 7 atom stereocenters. The number of carboxylic acids is 2. The van der Waals surface area contributed by atoms with Gasteiger partial charge < -0.3 is 64.4 Å². The van der Waals surface area contributed by atoms with E-state index in [1.54, 1.807) is 19.1 Å². The van der Waals surface area contributed by atoms with Crippen molar-refractivity contribution in [3.05, 3.63) is 29.8 Å². The Balaban J connectivity index is 0.00000243. The number of carbonyl (C=O) groups is 7. The van der Waals surface area contributed by atoms with Gasteiger partial charge in [-0.25, -0.2) is 9.59 Å². The van der Waals surface area contributed by atoms with Gasteiger partial charge in [-0.3, -0.25) is 29.0 Å². The number of nitrogens with two attached hydrogens (primary N) is 4. The van der Waals surface area contributed by atoms with E-state index in [9.17, 15) is 52.2 Å². The number of guanidine groups is 1. The van der Waals surface area contributed by atoms with E-state index < -0.39 is 89.8 Å². The fourth-order valence-corrected chi connectivity index (χ4v) is 6.11. The average molecular weight is 875 g/mol. The number of hydrogen-bond donors (Lipinski definition) is 11. The Morgan fingerprint density at radius 3 is 1.98 bits per heavy atom. The molecule has 5 amide bonds. The first-order valence-corrected chi connectivity index (χ1v) is 19.8. The Bertz CT molecular complexity index is 1660. The Labute approximate surface area is 351 Å². The highest BCUT2D eigenvalue weighted by Gasteiger charge is 2.40. The summed E-state index contributed by atoms with van der Waals surface area (Å²) in [6.07, 6.45) is -2.94. The van der Waals surface area contributed by atoms with E-state index in [1.807, 2.05) is 20.8 Å². The standard InChI is InChI=1S/C36H60N10O8.C2HF3O2/c1-5-21(4)29(33(51)44-27(35(53)54)18-20(2)3)45-31(49)26(19-22-10-12-23(47)13-11-22)43-32(50)28-9-7-17-46(28)34(52)25(14-15-37)42-30(48)24(38)8-6-16-41-36(39)40;3-2(4,5)1(6)7/h10-13,20-21,24-29,47H,5-9,14-19,37-38H2,1-4H3,(H,42,48)(H,43,50)(H,44,51)(H,45,49)(H,53,54)(H4,39,40,41);(H,6,7)/t21-,24-,25-,26-,27-,28-,29-;/m0./s1. The van der Waals surface area contributed by atoms with Crippen LogP contribution in [0.5, 0.6) is 5.75 Å². The van der Waals surface area contributed by atoms with Crippen molar-refractivity contribution in [2.24, 2.45) is 39.8 Å². The highest BCUT2D eigenvalue weighted by atomic mass is 19.4. The minimum Gasteiger partial charge on any atom is -0.508 e. The smallest absolute Gasteiger partial charge is 0.490 e. The van der Waals surface area contributed by atoms with E-state index in [0.29, 0.717) is 24.8 Å². The van der Waals surface area contributed by atoms with Crippen LogP contribution < -0.4 is 44.2 Å². The van der Waals surface area contributed by atoms with Gasteiger partial charge in [-0.2, -0.15) is 13.2 Å². The SMILES string of the molecule is CC[C@H](C)[C@H](NC(=O)[C@H](Cc1ccc(O)cc1)NC(=O)[C@@H]1CCCN1C(=O)[C@H](CCN)NC(=O)[C@@H](N)CCCN=C(N)N)C(=O)N[C@@H](CC(C)C)C(=O)O.O=C(O)C(F)(F)F. The van der Waals surface area contributed by atoms with Crippen LogP contribution in [-0.4, -0.2) is 130 Å². The molecule has 1 aliphatic rings. The molecule has 1 aromatic carbocycles. The van der Waals surface area contributed by atoms with Crippen LogP contribution >= 0.6 is 0 Å². The lowest BCUT2D eigenvalue weighted by Crippen LogP contribution is -2.60. The van der Waals surface area contributed by atoms with E-state index in [-0.39, 0.29) is 69.4 Å². The zero-order valence-electron chi connectivity index (χ0n) is 34.7. The maximum Gasteiger partial charge on any atom is 0.490 e. The van der Waals surface area contributed by atoms with Crippen LogP contribution in [-0.2, 0) is 40.0 Å². The molecule has 0 aromatic heterocycles. The highest BCUT2D eigenvalue weighted by Crippen LogP contribution is 2.21. The monoisotopic (exact) mass is 874 g/mol. The predicted molar refractivity (Wildman–Crippen MR) is 216 cm³/mol. The second kappa shape index (κ2) is 25.8. The minimum absolute atomic E-state index is 0.00203. The molecule has 23 heteroatoms. The summed E-state index contributed by atoms with van der Waals surface area (Å²) in [6.45, 7) is 7.78. The van der Waals surface area contributed by atoms with Crippen LogP contribution in [0.1, 0.15) is 78.2 Å². The number of halogens is 3. The molecular weight excluding hydrogens is 813 g/mol. The summed E-state index contributed by atoms with van der Waals surface area (Å²) >= 11 is 0. The van der Waals surface area contributed by atoms with E-state index >= 15 is 0 Å². The second-order valence-corrected chi connectivity index (χ2v) is 15.0. The molecule has 1 heterocycles. The molecule has 1 aliphatic heterocycles. The Morgan fingerprint density at radius 1 is 0.885 bits per heavy atom. The lowest BCUT2D eigenvalue weighted by Gasteiger charge is -2.31. The van der Waals surface area contributed by atoms with Crippen molar-refractivity contribution in [3.8, 4) is 5.75 Å². The van der Waals surface area contributed by atoms with Gasteiger partial charge in [0.15, 0.2) is 5.96 Å². The summed E-state index contributed by atoms with van der Waals surface area (Å²) in [4.78, 5) is 94.1. The summed E-state index contributed by atoms with van der Waals surface area (Å²) in [7, 11) is 0. The molecule has 344 valence electrons. The van der Waals surface area contributed by atoms with Crippen LogP contribution in [0.3, 0.4) is 0 Å². The average Bonchev–Trinajstić information content (AvgIpc) is 3.68. The number of likely N-dealkylation sites (tertiary alicyclic amines) is 1. The molecule has 20 nitrogen and oxygen atoms in total. The second-order valence-electron chi connectivity index (χ2n) is 15.0. The largest absolute Gasteiger partial charge is 0.508 e. The maximum atomic E-state index is 14.0. The molecule has 15 N–H and O–H groups in total. The van der Waals surface area contributed by atoms with Crippen molar-refractivity contribution in [1.29, 1.82) is 0 Å². The summed E-state index contributed by atoms with van der Waals surface area (Å²) in [5.74, 6) is -7.57. The first kappa shape index (κ1) is 53.3. The number of benzene rings is 1. The van der Waals surface area contributed by atoms with Crippen LogP contribution in [0.2, 0.25) is 0 Å². The Kier molecular flexibility index (Phi) is 22.6. The molecule has 0 spiro atoms. The predicted octanol–water partition coefficient (Wildman–Crippen LogP) is -0.595. The van der Waals surface area contributed by atoms with E-state index in [2.05, 4.69) is 26.3 Å². The Hall–Kier alpha value is -5.71. The van der Waals surface area contributed by atoms with Crippen molar-refractivity contribution >= 4 is 47.4 Å². The molecule has 61 heavy (non-hydrogen) atoms. The third kappa shape index (κ3) is 19.0. The van der Waals surface area contributed by atoms with Gasteiger partial charge >= 0.3 is 18.1 Å². The van der Waals surface area contributed by atoms with Crippen molar-refractivity contribution in [1.82, 2.24) is 26.2 Å². The first-order chi connectivity index (χ1) is 28.4. The van der Waals surface area contributed by atoms with Crippen LogP contribution in [0.4, 0.5) is 13.2 Å². The first-order valence-electron chi connectivity index (χ1n) is 19.8. The number of hydrogen-bond acceptors (Lipinski definition) is 11. The van der Waals surface area contributed by atoms with Crippen molar-refractivity contribution in [2.45, 2.75) is 121 Å². The van der Waals surface area contributed by atoms with E-state index in [0.717, 1.165) is 0 Å². The summed E-state index contributed by atoms with van der Waals surface area (Å²) in [6, 6.07) is -0.491. The lowest BCUT2D eigenvalue weighted by atomic mass is 9.96. The van der Waals surface area contributed by atoms with Crippen LogP contribution in [0.15, 0.2) is 29.3 Å². The molecule has 0 aliphatic carbocycles. The van der Waals surface area contributed by atoms with Gasteiger partial charge in [-0.05, 0) is 74.6 Å². The molecule has 0 saturated carbocycles. The zero-order chi connectivity index (χ0) is 46.6. The Morgan fingerprint density at radius 2 is 1.48 bits per heavy atom. The third-order valence-corrected chi connectivity index (χ3v) is 9.58. The molecular formula is C38H61F3N10O10. The third-order valence-electron chi connectivity index (χ3n) is 9.58. The molecule has 1 aromatic rings. The summed E-state index contributed by atoms with van der Waals surface area (Å²) in [5.41, 5.74) is 23.1. The summed E-state index contributed by atoms with van der Waals surface area (Å²) in [5, 5.41) is 37.4. The van der Waals surface area contributed by atoms with E-state index in [4.69, 9.17) is 32.8 Å². The number of rotatable bonds is 22. The fraction of sp³-hybridized carbons (Fsp3) is 0.632. The van der Waals surface area contributed by atoms with Crippen molar-refractivity contribution in [3.63, 3.8) is 0 Å². The van der Waals surface area contributed by atoms with Crippen molar-refractivity contribution in [2.75, 3.05) is 19.6 Å². The molecule has 0 unspecified atom stereocenters. The van der Waals surface area contributed by atoms with Gasteiger partial charge in [0.25, 0.3) is 0 Å². The van der Waals surface area contributed by atoms with Gasteiger partial charge in [-0.15, -0.1) is 0 Å². The van der Waals surface area contributed by atoms with Gasteiger partial charge in [-0.1, -0.05) is 46.2 Å². The van der Waals surface area contributed by atoms with Crippen molar-refractivity contribution < 1.29 is 62.1 Å². The van der Waals surface area contributed by atoms with Gasteiger partial charge in [0.2, 0.25) is 29.5 Å². The van der Waals surface area contributed by atoms with E-state index in [1.165, 1.54) is 17.0 Å². The van der Waals surface area contributed by atoms with Gasteiger partial charge in [0.1, 0.15) is 36.0 Å². The number of phenols is 1. The number of carbonyl (C=O) groups excluding carboxylic acids is 5. The number of carboxylic acid groups (broad SMARTS) is 2. The van der Waals surface area contributed by atoms with Gasteiger partial charge in [0.05, 0.1) is 6.04 Å². The topological polar surface area (TPSA) is 348 Å². The van der Waals surface area contributed by atoms with Crippen LogP contribution in [0.25, 0.3) is 0 Å². The molecule has 0 bridgehead atoms. The lowest BCUT2D eigenvalue weighted by molar-refractivity contribution is -0.192. The molecule has 1 saturated heterocycles. The highest BCUT2D eigenvalue weighted by molar-refractivity contribution is 5.96. The van der Waals surface area contributed by atoms with Crippen LogP contribution in [0, 0.1) is 11.8 Å². The number of aliphatic imine (C=N–C) groups is 1. The molecule has 2 rings (SSSR count). The number of nitrogens with zero attached hydrogens (tertiary/aromatic N) is 2. The normalized spacial score (nSPS) is 16.6. The fourth-order valence-electron chi connectivity index (χ4n) is 6.11. The minimum atomic E-state index is -5.08. The quantitative estimate of drug-likeness (QED) is 0.0394. The maximum absolute atomic E-state index is 14.0. The number of alkyl halides is 3. The molecule has 1 fully saturated rings. The number of phenolic OH excluding ortho intramolecular Hbond substituents is 1. The zero-order valence-corrected chi connectivity index (χ0v) is 34.7. The number of nitrogens with one attached hydrogen (secondary N) is 4. The number of aromatic hydroxyl groups is 1. The number of aliphatic carboxylic acids is 2. The molecule has 0 radical (unpaired) electrons.